The van der Waals surface area contributed by atoms with Crippen LogP contribution in [0.3, 0.4) is 0 Å². The van der Waals surface area contributed by atoms with E-state index in [0.29, 0.717) is 64.5 Å². The molecule has 0 amide bonds. The number of aryl methyl sites for hydroxylation is 2. The third-order valence-electron chi connectivity index (χ3n) is 13.5. The van der Waals surface area contributed by atoms with Gasteiger partial charge in [-0.3, -0.25) is 16.2 Å². The van der Waals surface area contributed by atoms with Crippen molar-refractivity contribution in [1.82, 2.24) is 16.0 Å². The first-order valence-corrected chi connectivity index (χ1v) is 26.9. The lowest BCUT2D eigenvalue weighted by molar-refractivity contribution is 0.296. The first-order valence-electron chi connectivity index (χ1n) is 26.9. The topological polar surface area (TPSA) is 234 Å². The van der Waals surface area contributed by atoms with E-state index >= 15 is 0 Å². The van der Waals surface area contributed by atoms with Crippen LogP contribution in [0.5, 0.6) is 23.0 Å². The summed E-state index contributed by atoms with van der Waals surface area (Å²) < 4.78 is 20.9. The summed E-state index contributed by atoms with van der Waals surface area (Å²) in [5.74, 6) is 2.74. The van der Waals surface area contributed by atoms with Gasteiger partial charge in [0.15, 0.2) is 17.9 Å². The average Bonchev–Trinajstić information content (AvgIpc) is 3.28. The Kier molecular flexibility index (Phi) is 21.6. The third kappa shape index (κ3) is 18.4. The fourth-order valence-electron chi connectivity index (χ4n) is 8.95. The summed E-state index contributed by atoms with van der Waals surface area (Å²) in [6.07, 6.45) is 7.03. The molecule has 13 nitrogen and oxygen atoms in total. The molecule has 4 rings (SSSR count). The molecule has 74 heavy (non-hydrogen) atoms. The lowest BCUT2D eigenvalue weighted by atomic mass is 9.80. The van der Waals surface area contributed by atoms with E-state index in [-0.39, 0.29) is 39.5 Å². The van der Waals surface area contributed by atoms with Gasteiger partial charge < -0.3 is 52.5 Å². The lowest BCUT2D eigenvalue weighted by Gasteiger charge is -2.28. The molecule has 0 aliphatic heterocycles. The Hall–Kier alpha value is -6.11. The maximum atomic E-state index is 11.7. The molecule has 13 N–H and O–H groups in total. The van der Waals surface area contributed by atoms with Crippen molar-refractivity contribution in [1.29, 1.82) is 16.2 Å². The van der Waals surface area contributed by atoms with Crippen molar-refractivity contribution in [2.75, 3.05) is 39.5 Å². The van der Waals surface area contributed by atoms with Gasteiger partial charge in [-0.2, -0.15) is 0 Å². The Labute approximate surface area is 445 Å². The number of nitrogens with two attached hydrogens (primary N) is 3. The predicted molar refractivity (Wildman–Crippen MR) is 309 cm³/mol. The second kappa shape index (κ2) is 26.4. The van der Waals surface area contributed by atoms with Crippen LogP contribution in [0.2, 0.25) is 0 Å². The highest BCUT2D eigenvalue weighted by Gasteiger charge is 2.28. The second-order valence-electron chi connectivity index (χ2n) is 24.2. The number of phenols is 1. The summed E-state index contributed by atoms with van der Waals surface area (Å²) in [5, 5.41) is 43.5. The Morgan fingerprint density at radius 1 is 0.432 bits per heavy atom. The van der Waals surface area contributed by atoms with Crippen molar-refractivity contribution in [3.8, 4) is 23.0 Å². The van der Waals surface area contributed by atoms with Crippen LogP contribution in [0.1, 0.15) is 195 Å². The van der Waals surface area contributed by atoms with Crippen LogP contribution in [-0.2, 0) is 47.3 Å². The molecule has 0 unspecified atom stereocenters. The van der Waals surface area contributed by atoms with Gasteiger partial charge in [0, 0.05) is 38.9 Å². The van der Waals surface area contributed by atoms with Crippen molar-refractivity contribution >= 4 is 17.9 Å². The van der Waals surface area contributed by atoms with Crippen LogP contribution < -0.4 is 47.4 Å². The van der Waals surface area contributed by atoms with Gasteiger partial charge in [-0.25, -0.2) is 0 Å². The molecule has 0 radical (unpaired) electrons. The van der Waals surface area contributed by atoms with Crippen LogP contribution in [0.15, 0.2) is 48.5 Å². The molecule has 0 aromatic heterocycles. The van der Waals surface area contributed by atoms with Crippen LogP contribution in [0, 0.1) is 23.2 Å². The van der Waals surface area contributed by atoms with Gasteiger partial charge in [-0.05, 0) is 140 Å². The summed E-state index contributed by atoms with van der Waals surface area (Å²) in [4.78, 5) is 0. The number of rotatable bonds is 25. The van der Waals surface area contributed by atoms with E-state index < -0.39 is 0 Å². The van der Waals surface area contributed by atoms with Gasteiger partial charge in [-0.15, -0.1) is 0 Å². The van der Waals surface area contributed by atoms with Crippen LogP contribution in [0.25, 0.3) is 0 Å². The first kappa shape index (κ1) is 60.4. The lowest BCUT2D eigenvalue weighted by Crippen LogP contribution is -2.31. The minimum atomic E-state index is -0.216. The zero-order chi connectivity index (χ0) is 55.2. The maximum absolute atomic E-state index is 11.7. The van der Waals surface area contributed by atoms with Gasteiger partial charge in [-0.1, -0.05) is 139 Å². The Balaban J connectivity index is 2.03. The van der Waals surface area contributed by atoms with Gasteiger partial charge in [0.2, 0.25) is 0 Å². The first-order chi connectivity index (χ1) is 34.5. The smallest absolute Gasteiger partial charge is 0.185 e. The molecule has 0 saturated carbocycles. The van der Waals surface area contributed by atoms with Gasteiger partial charge in [0.1, 0.15) is 23.0 Å². The molecule has 0 saturated heterocycles. The summed E-state index contributed by atoms with van der Waals surface area (Å²) in [7, 11) is 0. The zero-order valence-electron chi connectivity index (χ0n) is 47.8. The zero-order valence-corrected chi connectivity index (χ0v) is 47.8. The molecule has 0 heterocycles. The number of unbranched alkanes of at least 4 members (excludes halogenated alkanes) is 3. The number of guanidine groups is 3. The molecule has 4 aromatic rings. The molecule has 0 fully saturated rings. The minimum absolute atomic E-state index is 0.0274. The Morgan fingerprint density at radius 3 is 0.973 bits per heavy atom. The van der Waals surface area contributed by atoms with Gasteiger partial charge in [0.25, 0.3) is 0 Å². The quantitative estimate of drug-likeness (QED) is 0.0171. The molecule has 13 heteroatoms. The molecule has 0 atom stereocenters. The van der Waals surface area contributed by atoms with Crippen LogP contribution in [0.4, 0.5) is 0 Å². The summed E-state index contributed by atoms with van der Waals surface area (Å²) >= 11 is 0. The summed E-state index contributed by atoms with van der Waals surface area (Å²) in [5.41, 5.74) is 29.1. The molecule has 0 bridgehead atoms. The van der Waals surface area contributed by atoms with E-state index in [9.17, 15) is 5.11 Å². The number of nitrogens with one attached hydrogen (secondary N) is 6. The predicted octanol–water partition coefficient (Wildman–Crippen LogP) is 11.2. The number of hydrogen-bond acceptors (Lipinski definition) is 7. The monoisotopic (exact) mass is 1020 g/mol. The highest BCUT2D eigenvalue weighted by atomic mass is 16.5. The van der Waals surface area contributed by atoms with E-state index in [0.717, 1.165) is 107 Å². The normalized spacial score (nSPS) is 12.1. The van der Waals surface area contributed by atoms with Gasteiger partial charge >= 0.3 is 0 Å². The van der Waals surface area contributed by atoms with E-state index in [1.807, 2.05) is 6.92 Å². The van der Waals surface area contributed by atoms with Crippen molar-refractivity contribution in [2.45, 2.75) is 183 Å². The van der Waals surface area contributed by atoms with Crippen molar-refractivity contribution < 1.29 is 19.3 Å². The van der Waals surface area contributed by atoms with E-state index in [1.54, 1.807) is 0 Å². The largest absolute Gasteiger partial charge is 0.507 e. The van der Waals surface area contributed by atoms with Crippen molar-refractivity contribution in [3.05, 3.63) is 115 Å². The molecular weight excluding hydrogens is 923 g/mol. The SMILES string of the molecule is CCc1cc(C(C)(C)C)cc(Cc2cc(C(C)(C)C)cc(Cc3cc(C(C)(C)C)cc(Cc4cc(C(C)(C)C)cc(C)c4O)c3OCCCCNC(=N)N)c2OCCCCNC(=N)N)c1OCCCCNC(=N)N. The maximum Gasteiger partial charge on any atom is 0.185 e. The highest BCUT2D eigenvalue weighted by molar-refractivity contribution is 5.74. The molecule has 408 valence electrons. The van der Waals surface area contributed by atoms with E-state index in [1.165, 1.54) is 22.3 Å². The Bertz CT molecular complexity index is 2540. The molecule has 4 aromatic carbocycles. The molecule has 0 spiro atoms. The van der Waals surface area contributed by atoms with Crippen molar-refractivity contribution in [3.63, 3.8) is 0 Å². The number of aromatic hydroxyl groups is 1. The van der Waals surface area contributed by atoms with Crippen LogP contribution >= 0.6 is 0 Å². The van der Waals surface area contributed by atoms with Crippen molar-refractivity contribution in [2.24, 2.45) is 17.2 Å². The standard InChI is InChI=1S/C61H95N9O4/c1-15-40-32-48(59(6,7)8)35-43(52(40)72-25-19-16-22-68-55(62)63)30-44-36-50(61(12,13)14)38-46(54(44)74-27-21-18-24-70-57(66)67)31-45-37-49(60(9,10)11)34-42(53(45)73-26-20-17-23-69-56(64)65)29-41-33-47(58(3,4)5)28-39(2)51(41)71/h28,32-38,71H,15-27,29-31H2,1-14H3,(H4,62,63,68)(H4,64,65,69)(H4,66,67,70). The van der Waals surface area contributed by atoms with E-state index in [2.05, 4.69) is 154 Å². The molecule has 0 aliphatic rings. The Morgan fingerprint density at radius 2 is 0.689 bits per heavy atom. The number of hydrogen-bond donors (Lipinski definition) is 10. The molecular formula is C61H95N9O4. The fraction of sp³-hybridized carbons (Fsp3) is 0.557. The van der Waals surface area contributed by atoms with E-state index in [4.69, 9.17) is 47.6 Å². The molecule has 0 aliphatic carbocycles. The number of phenolic OH excluding ortho intramolecular Hbond substituents is 1. The third-order valence-corrected chi connectivity index (χ3v) is 13.5. The summed E-state index contributed by atoms with van der Waals surface area (Å²) in [6, 6.07) is 18.1. The van der Waals surface area contributed by atoms with Gasteiger partial charge in [0.05, 0.1) is 19.8 Å². The second-order valence-corrected chi connectivity index (χ2v) is 24.2. The minimum Gasteiger partial charge on any atom is -0.507 e. The highest BCUT2D eigenvalue weighted by Crippen LogP contribution is 2.42. The number of benzene rings is 4. The van der Waals surface area contributed by atoms with Crippen LogP contribution in [-0.4, -0.2) is 62.4 Å². The summed E-state index contributed by atoms with van der Waals surface area (Å²) in [6.45, 7) is 34.3. The average molecular weight is 1020 g/mol. The number of ether oxygens (including phenoxy) is 3. The fourth-order valence-corrected chi connectivity index (χ4v) is 8.95.